The van der Waals surface area contributed by atoms with Gasteiger partial charge in [-0.1, -0.05) is 86.7 Å². The Morgan fingerprint density at radius 2 is 1.56 bits per heavy atom. The molecule has 10 heteroatoms. The monoisotopic (exact) mass is 611 g/mol. The highest BCUT2D eigenvalue weighted by Gasteiger charge is 2.35. The molecule has 1 saturated carbocycles. The van der Waals surface area contributed by atoms with Crippen molar-refractivity contribution in [3.63, 3.8) is 0 Å². The highest BCUT2D eigenvalue weighted by Crippen LogP contribution is 2.28. The molecule has 4 amide bonds. The number of hydrogen-bond acceptors (Lipinski definition) is 6. The minimum Gasteiger partial charge on any atom is -0.356 e. The van der Waals surface area contributed by atoms with Crippen LogP contribution in [0.1, 0.15) is 73.8 Å². The smallest absolute Gasteiger partial charge is 0.289 e. The van der Waals surface area contributed by atoms with Gasteiger partial charge in [0.15, 0.2) is 0 Å². The number of carbonyl (C=O) groups excluding carboxylic acids is 5. The van der Waals surface area contributed by atoms with Crippen LogP contribution in [0.25, 0.3) is 10.9 Å². The van der Waals surface area contributed by atoms with Gasteiger partial charge < -0.3 is 21.3 Å². The van der Waals surface area contributed by atoms with Gasteiger partial charge in [-0.15, -0.1) is 0 Å². The maximum absolute atomic E-state index is 13.9. The highest BCUT2D eigenvalue weighted by atomic mass is 16.2. The number of nitrogens with one attached hydrogen (secondary N) is 4. The number of para-hydroxylation sites is 1. The van der Waals surface area contributed by atoms with Crippen LogP contribution in [-0.2, 0) is 25.7 Å². The number of rotatable bonds is 12. The van der Waals surface area contributed by atoms with Crippen molar-refractivity contribution in [2.75, 3.05) is 6.54 Å². The Kier molecular flexibility index (Phi) is 10.9. The summed E-state index contributed by atoms with van der Waals surface area (Å²) in [6.45, 7) is 0.700. The van der Waals surface area contributed by atoms with Crippen LogP contribution in [0, 0.1) is 11.8 Å². The van der Waals surface area contributed by atoms with Crippen molar-refractivity contribution in [3.8, 4) is 0 Å². The lowest BCUT2D eigenvalue weighted by Gasteiger charge is -2.29. The van der Waals surface area contributed by atoms with Gasteiger partial charge in [0.25, 0.3) is 11.8 Å². The largest absolute Gasteiger partial charge is 0.356 e. The van der Waals surface area contributed by atoms with E-state index < -0.39 is 41.5 Å². The standard InChI is InChI=1S/C35H41N5O5/c41-31(35(45)37-22-24-12-5-2-6-13-24)29(21-26-15-9-19-36-32(26)42)39-34(44)30(20-23-10-3-1-4-11-23)40-33(43)28-18-17-25-14-7-8-16-27(25)38-28/h2,5-8,12-14,16-18,23,26,29-30H,1,3-4,9-11,15,19-22H2,(H,36,42)(H,37,45)(H,39,44)(H,40,43)/t26-,29-,30-/m0/s1. The van der Waals surface area contributed by atoms with E-state index in [1.165, 1.54) is 0 Å². The van der Waals surface area contributed by atoms with Crippen LogP contribution in [0.2, 0.25) is 0 Å². The molecule has 0 radical (unpaired) electrons. The number of ketones is 1. The average molecular weight is 612 g/mol. The number of benzene rings is 2. The minimum atomic E-state index is -1.23. The fourth-order valence-electron chi connectivity index (χ4n) is 6.28. The second-order valence-electron chi connectivity index (χ2n) is 12.1. The summed E-state index contributed by atoms with van der Waals surface area (Å²) in [5.41, 5.74) is 1.67. The molecule has 5 rings (SSSR count). The molecule has 2 aromatic carbocycles. The molecular formula is C35H41N5O5. The Labute approximate surface area is 263 Å². The Bertz CT molecular complexity index is 1520. The number of nitrogens with zero attached hydrogens (tertiary/aromatic N) is 1. The Morgan fingerprint density at radius 1 is 0.800 bits per heavy atom. The van der Waals surface area contributed by atoms with Crippen LogP contribution in [0.15, 0.2) is 66.7 Å². The number of carbonyl (C=O) groups is 5. The van der Waals surface area contributed by atoms with Crippen molar-refractivity contribution in [3.05, 3.63) is 78.0 Å². The lowest BCUT2D eigenvalue weighted by Crippen LogP contribution is -2.55. The SMILES string of the molecule is O=C(NCc1ccccc1)C(=O)[C@H](C[C@@H]1CCCNC1=O)NC(=O)[C@H](CC1CCCCC1)NC(=O)c1ccc2ccccc2n1. The van der Waals surface area contributed by atoms with Gasteiger partial charge in [-0.2, -0.15) is 0 Å². The summed E-state index contributed by atoms with van der Waals surface area (Å²) >= 11 is 0. The zero-order valence-electron chi connectivity index (χ0n) is 25.4. The molecule has 3 aromatic rings. The first-order valence-electron chi connectivity index (χ1n) is 16.0. The summed E-state index contributed by atoms with van der Waals surface area (Å²) < 4.78 is 0. The lowest BCUT2D eigenvalue weighted by atomic mass is 9.84. The van der Waals surface area contributed by atoms with Crippen molar-refractivity contribution >= 4 is 40.3 Å². The molecule has 2 aliphatic rings. The molecule has 4 N–H and O–H groups in total. The second-order valence-corrected chi connectivity index (χ2v) is 12.1. The predicted molar refractivity (Wildman–Crippen MR) is 170 cm³/mol. The number of pyridine rings is 1. The van der Waals surface area contributed by atoms with E-state index in [9.17, 15) is 24.0 Å². The molecular weight excluding hydrogens is 570 g/mol. The molecule has 0 spiro atoms. The summed E-state index contributed by atoms with van der Waals surface area (Å²) in [6.07, 6.45) is 6.82. The summed E-state index contributed by atoms with van der Waals surface area (Å²) in [4.78, 5) is 70.9. The molecule has 3 atom stereocenters. The third-order valence-electron chi connectivity index (χ3n) is 8.82. The van der Waals surface area contributed by atoms with Gasteiger partial charge in [0.1, 0.15) is 11.7 Å². The molecule has 45 heavy (non-hydrogen) atoms. The molecule has 0 bridgehead atoms. The Morgan fingerprint density at radius 3 is 2.33 bits per heavy atom. The van der Waals surface area contributed by atoms with E-state index in [1.807, 2.05) is 60.7 Å². The van der Waals surface area contributed by atoms with Crippen LogP contribution in [0.3, 0.4) is 0 Å². The van der Waals surface area contributed by atoms with Crippen molar-refractivity contribution in [2.45, 2.75) is 76.4 Å². The first kappa shape index (κ1) is 31.8. The van der Waals surface area contributed by atoms with E-state index >= 15 is 0 Å². The summed E-state index contributed by atoms with van der Waals surface area (Å²) in [5, 5.41) is 12.0. The minimum absolute atomic E-state index is 0.00844. The first-order valence-corrected chi connectivity index (χ1v) is 16.0. The molecule has 2 heterocycles. The third kappa shape index (κ3) is 8.74. The number of Topliss-reactive ketones (excluding diaryl/α,β-unsaturated/α-hetero) is 1. The number of hydrogen-bond donors (Lipinski definition) is 4. The molecule has 1 aliphatic heterocycles. The van der Waals surface area contributed by atoms with Crippen LogP contribution < -0.4 is 21.3 Å². The molecule has 1 saturated heterocycles. The van der Waals surface area contributed by atoms with Crippen LogP contribution >= 0.6 is 0 Å². The Balaban J connectivity index is 1.33. The molecule has 236 valence electrons. The molecule has 1 aromatic heterocycles. The summed E-state index contributed by atoms with van der Waals surface area (Å²) in [5.74, 6) is -3.21. The second kappa shape index (κ2) is 15.4. The van der Waals surface area contributed by atoms with Crippen molar-refractivity contribution < 1.29 is 24.0 Å². The van der Waals surface area contributed by atoms with Gasteiger partial charge in [-0.05, 0) is 49.3 Å². The molecule has 0 unspecified atom stereocenters. The van der Waals surface area contributed by atoms with Gasteiger partial charge in [-0.3, -0.25) is 24.0 Å². The molecule has 2 fully saturated rings. The molecule has 10 nitrogen and oxygen atoms in total. The van der Waals surface area contributed by atoms with Gasteiger partial charge in [0, 0.05) is 24.4 Å². The van der Waals surface area contributed by atoms with E-state index in [2.05, 4.69) is 26.3 Å². The van der Waals surface area contributed by atoms with Crippen molar-refractivity contribution in [2.24, 2.45) is 11.8 Å². The zero-order valence-corrected chi connectivity index (χ0v) is 25.4. The van der Waals surface area contributed by atoms with Gasteiger partial charge in [0.05, 0.1) is 11.6 Å². The maximum Gasteiger partial charge on any atom is 0.289 e. The Hall–Kier alpha value is -4.60. The first-order chi connectivity index (χ1) is 21.9. The number of fused-ring (bicyclic) bond motifs is 1. The normalized spacial score (nSPS) is 18.3. The maximum atomic E-state index is 13.9. The number of aromatic nitrogens is 1. The topological polar surface area (TPSA) is 146 Å². The summed E-state index contributed by atoms with van der Waals surface area (Å²) in [6, 6.07) is 17.9. The van der Waals surface area contributed by atoms with Gasteiger partial charge >= 0.3 is 0 Å². The van der Waals surface area contributed by atoms with Crippen molar-refractivity contribution in [1.29, 1.82) is 0 Å². The fraction of sp³-hybridized carbons (Fsp3) is 0.429. The predicted octanol–water partition coefficient (Wildman–Crippen LogP) is 3.59. The van der Waals surface area contributed by atoms with Crippen LogP contribution in [0.5, 0.6) is 0 Å². The van der Waals surface area contributed by atoms with Crippen LogP contribution in [0.4, 0.5) is 0 Å². The average Bonchev–Trinajstić information content (AvgIpc) is 3.07. The van der Waals surface area contributed by atoms with Gasteiger partial charge in [-0.25, -0.2) is 4.98 Å². The third-order valence-corrected chi connectivity index (χ3v) is 8.82. The van der Waals surface area contributed by atoms with Gasteiger partial charge in [0.2, 0.25) is 17.6 Å². The van der Waals surface area contributed by atoms with E-state index in [1.54, 1.807) is 6.07 Å². The van der Waals surface area contributed by atoms with E-state index in [4.69, 9.17) is 0 Å². The van der Waals surface area contributed by atoms with E-state index in [0.717, 1.165) is 49.5 Å². The molecule has 1 aliphatic carbocycles. The highest BCUT2D eigenvalue weighted by molar-refractivity contribution is 6.38. The van der Waals surface area contributed by atoms with E-state index in [-0.39, 0.29) is 30.5 Å². The number of amides is 4. The fourth-order valence-corrected chi connectivity index (χ4v) is 6.28. The number of piperidine rings is 1. The summed E-state index contributed by atoms with van der Waals surface area (Å²) in [7, 11) is 0. The zero-order chi connectivity index (χ0) is 31.6. The van der Waals surface area contributed by atoms with E-state index in [0.29, 0.717) is 24.9 Å². The van der Waals surface area contributed by atoms with Crippen LogP contribution in [-0.4, -0.2) is 53.0 Å². The van der Waals surface area contributed by atoms with Crippen molar-refractivity contribution in [1.82, 2.24) is 26.3 Å². The quantitative estimate of drug-likeness (QED) is 0.230. The lowest BCUT2D eigenvalue weighted by molar-refractivity contribution is -0.141.